The summed E-state index contributed by atoms with van der Waals surface area (Å²) in [5, 5.41) is 0.850. The lowest BCUT2D eigenvalue weighted by Gasteiger charge is -2.20. The molecule has 128 valence electrons. The normalized spacial score (nSPS) is 10.9. The van der Waals surface area contributed by atoms with Gasteiger partial charge in [0.05, 0.1) is 16.8 Å². The standard InChI is InChI=1S/C21H21FN2O/c1-4-24(5-2)21(25)18-13-20(15-7-9-16(22)10-8-15)23-19-11-6-14(3)12-17(18)19/h6-13H,4-5H2,1-3H3. The van der Waals surface area contributed by atoms with E-state index in [0.29, 0.717) is 24.3 Å². The van der Waals surface area contributed by atoms with Gasteiger partial charge in [-0.2, -0.15) is 0 Å². The third-order valence-corrected chi connectivity index (χ3v) is 4.39. The maximum atomic E-state index is 13.2. The fourth-order valence-corrected chi connectivity index (χ4v) is 2.97. The van der Waals surface area contributed by atoms with Gasteiger partial charge in [-0.15, -0.1) is 0 Å². The molecule has 1 aromatic heterocycles. The van der Waals surface area contributed by atoms with Gasteiger partial charge in [0.15, 0.2) is 0 Å². The van der Waals surface area contributed by atoms with E-state index in [2.05, 4.69) is 4.98 Å². The van der Waals surface area contributed by atoms with Crippen molar-refractivity contribution in [2.75, 3.05) is 13.1 Å². The Kier molecular flexibility index (Phi) is 4.79. The van der Waals surface area contributed by atoms with Crippen molar-refractivity contribution in [3.63, 3.8) is 0 Å². The highest BCUT2D eigenvalue weighted by Crippen LogP contribution is 2.27. The van der Waals surface area contributed by atoms with E-state index < -0.39 is 0 Å². The first-order chi connectivity index (χ1) is 12.0. The van der Waals surface area contributed by atoms with E-state index in [9.17, 15) is 9.18 Å². The number of benzene rings is 2. The van der Waals surface area contributed by atoms with E-state index in [1.54, 1.807) is 17.0 Å². The molecule has 25 heavy (non-hydrogen) atoms. The van der Waals surface area contributed by atoms with Crippen LogP contribution in [0.4, 0.5) is 4.39 Å². The molecule has 4 heteroatoms. The molecule has 0 aliphatic heterocycles. The summed E-state index contributed by atoms with van der Waals surface area (Å²) in [6, 6.07) is 13.9. The maximum Gasteiger partial charge on any atom is 0.254 e. The zero-order valence-corrected chi connectivity index (χ0v) is 14.7. The van der Waals surface area contributed by atoms with Gasteiger partial charge in [-0.05, 0) is 63.2 Å². The number of aryl methyl sites for hydroxylation is 1. The number of aromatic nitrogens is 1. The molecular weight excluding hydrogens is 315 g/mol. The predicted octanol–water partition coefficient (Wildman–Crippen LogP) is 4.83. The highest BCUT2D eigenvalue weighted by atomic mass is 19.1. The number of amides is 1. The Bertz CT molecular complexity index is 915. The van der Waals surface area contributed by atoms with Crippen LogP contribution in [0.2, 0.25) is 0 Å². The Morgan fingerprint density at radius 1 is 1.04 bits per heavy atom. The number of halogens is 1. The van der Waals surface area contributed by atoms with Gasteiger partial charge >= 0.3 is 0 Å². The monoisotopic (exact) mass is 336 g/mol. The maximum absolute atomic E-state index is 13.2. The lowest BCUT2D eigenvalue weighted by atomic mass is 10.0. The minimum Gasteiger partial charge on any atom is -0.339 e. The number of carbonyl (C=O) groups is 1. The minimum absolute atomic E-state index is 0.00800. The van der Waals surface area contributed by atoms with E-state index >= 15 is 0 Å². The summed E-state index contributed by atoms with van der Waals surface area (Å²) in [4.78, 5) is 19.5. The summed E-state index contributed by atoms with van der Waals surface area (Å²) in [5.41, 5.74) is 3.95. The number of pyridine rings is 1. The highest BCUT2D eigenvalue weighted by Gasteiger charge is 2.18. The van der Waals surface area contributed by atoms with E-state index in [-0.39, 0.29) is 11.7 Å². The van der Waals surface area contributed by atoms with Crippen molar-refractivity contribution in [2.24, 2.45) is 0 Å². The van der Waals surface area contributed by atoms with Gasteiger partial charge in [-0.1, -0.05) is 11.6 Å². The van der Waals surface area contributed by atoms with Crippen molar-refractivity contribution >= 4 is 16.8 Å². The Labute approximate surface area is 147 Å². The van der Waals surface area contributed by atoms with Gasteiger partial charge in [0, 0.05) is 24.0 Å². The van der Waals surface area contributed by atoms with Crippen LogP contribution in [-0.2, 0) is 0 Å². The summed E-state index contributed by atoms with van der Waals surface area (Å²) >= 11 is 0. The van der Waals surface area contributed by atoms with Gasteiger partial charge in [0.2, 0.25) is 0 Å². The van der Waals surface area contributed by atoms with Crippen molar-refractivity contribution in [1.82, 2.24) is 9.88 Å². The van der Waals surface area contributed by atoms with Crippen molar-refractivity contribution in [3.05, 3.63) is 65.5 Å². The largest absolute Gasteiger partial charge is 0.339 e. The molecular formula is C21H21FN2O. The zero-order chi connectivity index (χ0) is 18.0. The molecule has 0 aliphatic rings. The second-order valence-electron chi connectivity index (χ2n) is 6.06. The average Bonchev–Trinajstić information content (AvgIpc) is 2.62. The number of nitrogens with zero attached hydrogens (tertiary/aromatic N) is 2. The Morgan fingerprint density at radius 2 is 1.72 bits per heavy atom. The summed E-state index contributed by atoms with van der Waals surface area (Å²) in [6.07, 6.45) is 0. The number of rotatable bonds is 4. The molecule has 0 atom stereocenters. The van der Waals surface area contributed by atoms with Gasteiger partial charge in [-0.3, -0.25) is 4.79 Å². The SMILES string of the molecule is CCN(CC)C(=O)c1cc(-c2ccc(F)cc2)nc2ccc(C)cc12. The second-order valence-corrected chi connectivity index (χ2v) is 6.06. The number of hydrogen-bond donors (Lipinski definition) is 0. The molecule has 0 fully saturated rings. The lowest BCUT2D eigenvalue weighted by Crippen LogP contribution is -2.30. The molecule has 3 nitrogen and oxygen atoms in total. The molecule has 1 heterocycles. The third kappa shape index (κ3) is 3.38. The molecule has 0 bridgehead atoms. The molecule has 0 N–H and O–H groups in total. The molecule has 0 radical (unpaired) electrons. The number of hydrogen-bond acceptors (Lipinski definition) is 2. The predicted molar refractivity (Wildman–Crippen MR) is 99.1 cm³/mol. The van der Waals surface area contributed by atoms with Gasteiger partial charge < -0.3 is 4.90 Å². The van der Waals surface area contributed by atoms with Gasteiger partial charge in [-0.25, -0.2) is 9.37 Å². The molecule has 0 saturated heterocycles. The lowest BCUT2D eigenvalue weighted by molar-refractivity contribution is 0.0775. The Hall–Kier alpha value is -2.75. The summed E-state index contributed by atoms with van der Waals surface area (Å²) in [6.45, 7) is 7.24. The summed E-state index contributed by atoms with van der Waals surface area (Å²) in [5.74, 6) is -0.300. The summed E-state index contributed by atoms with van der Waals surface area (Å²) in [7, 11) is 0. The molecule has 3 aromatic rings. The first-order valence-electron chi connectivity index (χ1n) is 8.50. The average molecular weight is 336 g/mol. The van der Waals surface area contributed by atoms with Crippen LogP contribution in [0.15, 0.2) is 48.5 Å². The van der Waals surface area contributed by atoms with Crippen molar-refractivity contribution in [3.8, 4) is 11.3 Å². The van der Waals surface area contributed by atoms with Crippen LogP contribution < -0.4 is 0 Å². The molecule has 1 amide bonds. The van der Waals surface area contributed by atoms with Crippen molar-refractivity contribution in [1.29, 1.82) is 0 Å². The first kappa shape index (κ1) is 17.1. The fraction of sp³-hybridized carbons (Fsp3) is 0.238. The van der Waals surface area contributed by atoms with Crippen LogP contribution in [0.25, 0.3) is 22.2 Å². The van der Waals surface area contributed by atoms with E-state index in [4.69, 9.17) is 0 Å². The molecule has 0 unspecified atom stereocenters. The van der Waals surface area contributed by atoms with Crippen LogP contribution >= 0.6 is 0 Å². The highest BCUT2D eigenvalue weighted by molar-refractivity contribution is 6.07. The van der Waals surface area contributed by atoms with Crippen LogP contribution in [0.1, 0.15) is 29.8 Å². The first-order valence-corrected chi connectivity index (χ1v) is 8.50. The molecule has 0 spiro atoms. The van der Waals surface area contributed by atoms with Gasteiger partial charge in [0.25, 0.3) is 5.91 Å². The fourth-order valence-electron chi connectivity index (χ4n) is 2.97. The molecule has 3 rings (SSSR count). The van der Waals surface area contributed by atoms with Crippen LogP contribution in [-0.4, -0.2) is 28.9 Å². The third-order valence-electron chi connectivity index (χ3n) is 4.39. The smallest absolute Gasteiger partial charge is 0.254 e. The second kappa shape index (κ2) is 7.01. The van der Waals surface area contributed by atoms with E-state index in [1.165, 1.54) is 12.1 Å². The van der Waals surface area contributed by atoms with E-state index in [1.807, 2.05) is 45.0 Å². The number of fused-ring (bicyclic) bond motifs is 1. The molecule has 0 saturated carbocycles. The van der Waals surface area contributed by atoms with E-state index in [0.717, 1.165) is 22.0 Å². The number of carbonyl (C=O) groups excluding carboxylic acids is 1. The van der Waals surface area contributed by atoms with Crippen LogP contribution in [0, 0.1) is 12.7 Å². The quantitative estimate of drug-likeness (QED) is 0.683. The Morgan fingerprint density at radius 3 is 2.36 bits per heavy atom. The molecule has 2 aromatic carbocycles. The van der Waals surface area contributed by atoms with Crippen LogP contribution in [0.3, 0.4) is 0 Å². The van der Waals surface area contributed by atoms with Crippen LogP contribution in [0.5, 0.6) is 0 Å². The van der Waals surface area contributed by atoms with Crippen molar-refractivity contribution < 1.29 is 9.18 Å². The summed E-state index contributed by atoms with van der Waals surface area (Å²) < 4.78 is 13.2. The van der Waals surface area contributed by atoms with Gasteiger partial charge in [0.1, 0.15) is 5.82 Å². The molecule has 0 aliphatic carbocycles. The zero-order valence-electron chi connectivity index (χ0n) is 14.7. The topological polar surface area (TPSA) is 33.2 Å². The van der Waals surface area contributed by atoms with Crippen molar-refractivity contribution in [2.45, 2.75) is 20.8 Å². The Balaban J connectivity index is 2.23. The minimum atomic E-state index is -0.292.